The fourth-order valence-corrected chi connectivity index (χ4v) is 1.39. The Hall–Kier alpha value is -0.540. The number of ether oxygens (including phenoxy) is 2. The smallest absolute Gasteiger partial charge is 0.199 e. The average Bonchev–Trinajstić information content (AvgIpc) is 2.19. The lowest BCUT2D eigenvalue weighted by Gasteiger charge is -2.23. The van der Waals surface area contributed by atoms with Crippen LogP contribution in [-0.4, -0.2) is 25.1 Å². The highest BCUT2D eigenvalue weighted by atomic mass is 16.7. The summed E-state index contributed by atoms with van der Waals surface area (Å²) in [7, 11) is 1.67. The molecule has 3 nitrogen and oxygen atoms in total. The molecule has 0 saturated heterocycles. The monoisotopic (exact) mass is 186 g/mol. The summed E-state index contributed by atoms with van der Waals surface area (Å²) in [5, 5.41) is 8.61. The Morgan fingerprint density at radius 2 is 2.46 bits per heavy atom. The maximum Gasteiger partial charge on any atom is 0.199 e. The number of hydrogen-bond acceptors (Lipinski definition) is 3. The average molecular weight is 186 g/mol. The fraction of sp³-hybridized carbons (Fsp3) is 0.800. The summed E-state index contributed by atoms with van der Waals surface area (Å²) in [6, 6.07) is 0. The molecule has 0 unspecified atom stereocenters. The van der Waals surface area contributed by atoms with Crippen molar-refractivity contribution in [3.63, 3.8) is 0 Å². The van der Waals surface area contributed by atoms with Crippen LogP contribution in [-0.2, 0) is 9.47 Å². The maximum atomic E-state index is 8.61. The van der Waals surface area contributed by atoms with E-state index in [1.54, 1.807) is 7.11 Å². The van der Waals surface area contributed by atoms with Crippen molar-refractivity contribution in [1.29, 1.82) is 0 Å². The summed E-state index contributed by atoms with van der Waals surface area (Å²) in [5.74, 6) is 1.02. The van der Waals surface area contributed by atoms with Crippen LogP contribution in [0.1, 0.15) is 32.1 Å². The molecule has 3 heteroatoms. The molecule has 1 heterocycles. The molecule has 0 aromatic carbocycles. The van der Waals surface area contributed by atoms with Crippen LogP contribution in [0.15, 0.2) is 11.8 Å². The van der Waals surface area contributed by atoms with Gasteiger partial charge >= 0.3 is 0 Å². The predicted octanol–water partition coefficient (Wildman–Crippen LogP) is 1.82. The lowest BCUT2D eigenvalue weighted by molar-refractivity contribution is -0.107. The number of hydrogen-bond donors (Lipinski definition) is 1. The quantitative estimate of drug-likeness (QED) is 0.665. The molecule has 1 rings (SSSR count). The van der Waals surface area contributed by atoms with Gasteiger partial charge in [-0.05, 0) is 25.3 Å². The molecule has 0 bridgehead atoms. The van der Waals surface area contributed by atoms with E-state index in [4.69, 9.17) is 14.6 Å². The molecule has 0 saturated carbocycles. The Morgan fingerprint density at radius 1 is 1.62 bits per heavy atom. The van der Waals surface area contributed by atoms with E-state index in [9.17, 15) is 0 Å². The summed E-state index contributed by atoms with van der Waals surface area (Å²) in [4.78, 5) is 0. The molecule has 0 aromatic heterocycles. The van der Waals surface area contributed by atoms with Crippen LogP contribution in [0.3, 0.4) is 0 Å². The third-order valence-electron chi connectivity index (χ3n) is 2.15. The van der Waals surface area contributed by atoms with Gasteiger partial charge in [0, 0.05) is 26.6 Å². The first-order valence-electron chi connectivity index (χ1n) is 4.86. The third-order valence-corrected chi connectivity index (χ3v) is 2.15. The third kappa shape index (κ3) is 3.79. The number of methoxy groups -OCH3 is 1. The van der Waals surface area contributed by atoms with Gasteiger partial charge in [0.1, 0.15) is 0 Å². The lowest BCUT2D eigenvalue weighted by atomic mass is 10.1. The van der Waals surface area contributed by atoms with Crippen LogP contribution in [0.25, 0.3) is 0 Å². The van der Waals surface area contributed by atoms with Crippen molar-refractivity contribution in [3.8, 4) is 0 Å². The number of aliphatic hydroxyl groups is 1. The van der Waals surface area contributed by atoms with Crippen LogP contribution < -0.4 is 0 Å². The molecule has 76 valence electrons. The minimum absolute atomic E-state index is 0.0610. The summed E-state index contributed by atoms with van der Waals surface area (Å²) in [5.41, 5.74) is 0. The zero-order valence-corrected chi connectivity index (χ0v) is 8.16. The van der Waals surface area contributed by atoms with Crippen molar-refractivity contribution >= 4 is 0 Å². The van der Waals surface area contributed by atoms with E-state index in [1.165, 1.54) is 0 Å². The van der Waals surface area contributed by atoms with Gasteiger partial charge in [0.15, 0.2) is 6.29 Å². The van der Waals surface area contributed by atoms with Gasteiger partial charge in [0.2, 0.25) is 0 Å². The molecule has 1 aliphatic rings. The van der Waals surface area contributed by atoms with Crippen LogP contribution in [0.2, 0.25) is 0 Å². The van der Waals surface area contributed by atoms with E-state index in [-0.39, 0.29) is 12.9 Å². The van der Waals surface area contributed by atoms with Gasteiger partial charge in [-0.15, -0.1) is 0 Å². The summed E-state index contributed by atoms with van der Waals surface area (Å²) in [6.45, 7) is 0.265. The minimum atomic E-state index is -0.0610. The Morgan fingerprint density at radius 3 is 3.15 bits per heavy atom. The van der Waals surface area contributed by atoms with E-state index in [1.807, 2.05) is 0 Å². The first kappa shape index (κ1) is 10.5. The first-order chi connectivity index (χ1) is 6.36. The zero-order valence-electron chi connectivity index (χ0n) is 8.16. The standard InChI is InChI=1S/C10H18O3/c1-12-10-7-4-6-9(13-10)5-2-3-8-11/h6,10-11H,2-5,7-8H2,1H3/t10-/m1/s1. The van der Waals surface area contributed by atoms with Gasteiger partial charge in [0.05, 0.1) is 5.76 Å². The largest absolute Gasteiger partial charge is 0.470 e. The summed E-state index contributed by atoms with van der Waals surface area (Å²) in [6.07, 6.45) is 6.78. The van der Waals surface area contributed by atoms with Crippen LogP contribution in [0, 0.1) is 0 Å². The fourth-order valence-electron chi connectivity index (χ4n) is 1.39. The minimum Gasteiger partial charge on any atom is -0.470 e. The summed E-state index contributed by atoms with van der Waals surface area (Å²) < 4.78 is 10.7. The number of allylic oxidation sites excluding steroid dienone is 2. The normalized spacial score (nSPS) is 22.3. The van der Waals surface area contributed by atoms with E-state index < -0.39 is 0 Å². The predicted molar refractivity (Wildman–Crippen MR) is 50.1 cm³/mol. The number of unbranched alkanes of at least 4 members (excludes halogenated alkanes) is 1. The number of rotatable bonds is 5. The van der Waals surface area contributed by atoms with Gasteiger partial charge in [-0.2, -0.15) is 0 Å². The Bertz CT molecular complexity index is 166. The molecule has 13 heavy (non-hydrogen) atoms. The molecule has 0 aliphatic carbocycles. The second-order valence-electron chi connectivity index (χ2n) is 3.21. The van der Waals surface area contributed by atoms with E-state index in [0.29, 0.717) is 0 Å². The second-order valence-corrected chi connectivity index (χ2v) is 3.21. The zero-order chi connectivity index (χ0) is 9.52. The molecule has 1 atom stereocenters. The molecule has 0 radical (unpaired) electrons. The van der Waals surface area contributed by atoms with Gasteiger partial charge in [-0.3, -0.25) is 0 Å². The molecule has 0 spiro atoms. The maximum absolute atomic E-state index is 8.61. The first-order valence-corrected chi connectivity index (χ1v) is 4.86. The second kappa shape index (κ2) is 6.00. The van der Waals surface area contributed by atoms with Gasteiger partial charge < -0.3 is 14.6 Å². The van der Waals surface area contributed by atoms with Crippen molar-refractivity contribution in [3.05, 3.63) is 11.8 Å². The highest BCUT2D eigenvalue weighted by Crippen LogP contribution is 2.20. The van der Waals surface area contributed by atoms with Gasteiger partial charge in [-0.1, -0.05) is 0 Å². The molecular weight excluding hydrogens is 168 g/mol. The van der Waals surface area contributed by atoms with E-state index in [2.05, 4.69) is 6.08 Å². The molecule has 1 aliphatic heterocycles. The molecular formula is C10H18O3. The van der Waals surface area contributed by atoms with Gasteiger partial charge in [0.25, 0.3) is 0 Å². The molecule has 0 aromatic rings. The van der Waals surface area contributed by atoms with Crippen molar-refractivity contribution in [2.45, 2.75) is 38.4 Å². The topological polar surface area (TPSA) is 38.7 Å². The highest BCUT2D eigenvalue weighted by Gasteiger charge is 2.14. The van der Waals surface area contributed by atoms with Crippen LogP contribution >= 0.6 is 0 Å². The van der Waals surface area contributed by atoms with E-state index >= 15 is 0 Å². The van der Waals surface area contributed by atoms with Crippen molar-refractivity contribution < 1.29 is 14.6 Å². The van der Waals surface area contributed by atoms with Crippen molar-refractivity contribution in [1.82, 2.24) is 0 Å². The Balaban J connectivity index is 2.21. The van der Waals surface area contributed by atoms with Crippen LogP contribution in [0.5, 0.6) is 0 Å². The van der Waals surface area contributed by atoms with Crippen LogP contribution in [0.4, 0.5) is 0 Å². The lowest BCUT2D eigenvalue weighted by Crippen LogP contribution is -2.18. The van der Waals surface area contributed by atoms with Crippen molar-refractivity contribution in [2.24, 2.45) is 0 Å². The van der Waals surface area contributed by atoms with Crippen molar-refractivity contribution in [2.75, 3.05) is 13.7 Å². The molecule has 0 amide bonds. The Labute approximate surface area is 79.3 Å². The summed E-state index contributed by atoms with van der Waals surface area (Å²) >= 11 is 0. The molecule has 1 N–H and O–H groups in total. The SMILES string of the molecule is CO[C@H]1CCC=C(CCCCO)O1. The number of aliphatic hydroxyl groups excluding tert-OH is 1. The highest BCUT2D eigenvalue weighted by molar-refractivity contribution is 4.96. The Kier molecular flexibility index (Phi) is 4.86. The van der Waals surface area contributed by atoms with Gasteiger partial charge in [-0.25, -0.2) is 0 Å². The molecule has 0 fully saturated rings. The van der Waals surface area contributed by atoms with E-state index in [0.717, 1.165) is 37.9 Å².